The lowest BCUT2D eigenvalue weighted by atomic mass is 10.1. The quantitative estimate of drug-likeness (QED) is 0.704. The molecule has 0 spiro atoms. The predicted molar refractivity (Wildman–Crippen MR) is 58.0 cm³/mol. The molecule has 1 unspecified atom stereocenters. The summed E-state index contributed by atoms with van der Waals surface area (Å²) in [4.78, 5) is 8.51. The number of rotatable bonds is 6. The topological polar surface area (TPSA) is 37.8 Å². The number of aromatic nitrogens is 2. The summed E-state index contributed by atoms with van der Waals surface area (Å²) in [6, 6.07) is 2.16. The van der Waals surface area contributed by atoms with Crippen LogP contribution in [0.25, 0.3) is 0 Å². The van der Waals surface area contributed by atoms with E-state index in [4.69, 9.17) is 0 Å². The first kappa shape index (κ1) is 11.1. The fourth-order valence-electron chi connectivity index (χ4n) is 1.49. The minimum absolute atomic E-state index is 0.308. The number of nitrogens with one attached hydrogen (secondary N) is 1. The Morgan fingerprint density at radius 1 is 1.29 bits per heavy atom. The van der Waals surface area contributed by atoms with Crippen LogP contribution in [0, 0.1) is 0 Å². The number of hydrogen-bond donors (Lipinski definition) is 1. The van der Waals surface area contributed by atoms with Crippen molar-refractivity contribution in [1.29, 1.82) is 0 Å². The molecule has 0 aliphatic rings. The Balaban J connectivity index is 2.46. The zero-order valence-electron chi connectivity index (χ0n) is 9.03. The normalized spacial score (nSPS) is 12.7. The SMILES string of the molecule is CCCCCC(NC)c1ncccn1. The van der Waals surface area contributed by atoms with Gasteiger partial charge in [0.1, 0.15) is 5.82 Å². The molecule has 78 valence electrons. The maximum atomic E-state index is 4.26. The van der Waals surface area contributed by atoms with E-state index < -0.39 is 0 Å². The standard InChI is InChI=1S/C11H19N3/c1-3-4-5-7-10(12-2)11-13-8-6-9-14-11/h6,8-10,12H,3-5,7H2,1-2H3. The summed E-state index contributed by atoms with van der Waals surface area (Å²) in [6.45, 7) is 2.22. The fraction of sp³-hybridized carbons (Fsp3) is 0.636. The highest BCUT2D eigenvalue weighted by Gasteiger charge is 2.10. The van der Waals surface area contributed by atoms with Gasteiger partial charge >= 0.3 is 0 Å². The third-order valence-corrected chi connectivity index (χ3v) is 2.34. The van der Waals surface area contributed by atoms with Crippen LogP contribution in [0.2, 0.25) is 0 Å². The van der Waals surface area contributed by atoms with Gasteiger partial charge in [0.2, 0.25) is 0 Å². The summed E-state index contributed by atoms with van der Waals surface area (Å²) in [5.74, 6) is 0.908. The number of hydrogen-bond acceptors (Lipinski definition) is 3. The smallest absolute Gasteiger partial charge is 0.145 e. The van der Waals surface area contributed by atoms with E-state index in [-0.39, 0.29) is 0 Å². The first-order valence-corrected chi connectivity index (χ1v) is 5.32. The molecule has 0 saturated carbocycles. The van der Waals surface area contributed by atoms with Gasteiger partial charge in [-0.3, -0.25) is 0 Å². The Labute approximate surface area is 86.0 Å². The minimum atomic E-state index is 0.308. The second kappa shape index (κ2) is 6.49. The van der Waals surface area contributed by atoms with Crippen LogP contribution in [0.15, 0.2) is 18.5 Å². The Morgan fingerprint density at radius 2 is 2.00 bits per heavy atom. The molecule has 0 aromatic carbocycles. The molecule has 1 heterocycles. The van der Waals surface area contributed by atoms with Crippen LogP contribution in [0.1, 0.15) is 44.5 Å². The van der Waals surface area contributed by atoms with E-state index in [1.54, 1.807) is 12.4 Å². The van der Waals surface area contributed by atoms with Crippen LogP contribution in [0.5, 0.6) is 0 Å². The Kier molecular flexibility index (Phi) is 5.15. The largest absolute Gasteiger partial charge is 0.310 e. The number of unbranched alkanes of at least 4 members (excludes halogenated alkanes) is 2. The molecule has 1 aromatic heterocycles. The monoisotopic (exact) mass is 193 g/mol. The maximum Gasteiger partial charge on any atom is 0.145 e. The van der Waals surface area contributed by atoms with Gasteiger partial charge in [-0.15, -0.1) is 0 Å². The molecule has 0 amide bonds. The average molecular weight is 193 g/mol. The molecule has 0 bridgehead atoms. The van der Waals surface area contributed by atoms with Crippen LogP contribution in [-0.4, -0.2) is 17.0 Å². The van der Waals surface area contributed by atoms with Gasteiger partial charge < -0.3 is 5.32 Å². The summed E-state index contributed by atoms with van der Waals surface area (Å²) in [6.07, 6.45) is 8.49. The summed E-state index contributed by atoms with van der Waals surface area (Å²) in [7, 11) is 1.97. The molecule has 1 atom stereocenters. The molecule has 0 fully saturated rings. The minimum Gasteiger partial charge on any atom is -0.310 e. The van der Waals surface area contributed by atoms with Crippen molar-refractivity contribution in [3.05, 3.63) is 24.3 Å². The van der Waals surface area contributed by atoms with Gasteiger partial charge in [0.05, 0.1) is 6.04 Å². The lowest BCUT2D eigenvalue weighted by molar-refractivity contribution is 0.489. The average Bonchev–Trinajstić information content (AvgIpc) is 2.26. The van der Waals surface area contributed by atoms with Crippen molar-refractivity contribution in [1.82, 2.24) is 15.3 Å². The van der Waals surface area contributed by atoms with E-state index >= 15 is 0 Å². The first-order chi connectivity index (χ1) is 6.88. The van der Waals surface area contributed by atoms with E-state index in [0.717, 1.165) is 12.2 Å². The van der Waals surface area contributed by atoms with E-state index in [1.807, 2.05) is 13.1 Å². The predicted octanol–water partition coefficient (Wildman–Crippen LogP) is 2.32. The second-order valence-electron chi connectivity index (χ2n) is 3.44. The van der Waals surface area contributed by atoms with Crippen LogP contribution in [-0.2, 0) is 0 Å². The van der Waals surface area contributed by atoms with Crippen molar-refractivity contribution in [2.24, 2.45) is 0 Å². The first-order valence-electron chi connectivity index (χ1n) is 5.32. The third kappa shape index (κ3) is 3.42. The van der Waals surface area contributed by atoms with E-state index in [9.17, 15) is 0 Å². The molecule has 3 nitrogen and oxygen atoms in total. The van der Waals surface area contributed by atoms with E-state index in [1.165, 1.54) is 19.3 Å². The molecule has 3 heteroatoms. The summed E-state index contributed by atoms with van der Waals surface area (Å²) < 4.78 is 0. The van der Waals surface area contributed by atoms with Gasteiger partial charge in [-0.1, -0.05) is 26.2 Å². The number of nitrogens with zero attached hydrogens (tertiary/aromatic N) is 2. The molecule has 0 aliphatic carbocycles. The molecule has 1 N–H and O–H groups in total. The zero-order valence-corrected chi connectivity index (χ0v) is 9.03. The van der Waals surface area contributed by atoms with Gasteiger partial charge in [0.25, 0.3) is 0 Å². The summed E-state index contributed by atoms with van der Waals surface area (Å²) >= 11 is 0. The van der Waals surface area contributed by atoms with Crippen molar-refractivity contribution in [2.45, 2.75) is 38.6 Å². The van der Waals surface area contributed by atoms with Crippen LogP contribution in [0.4, 0.5) is 0 Å². The van der Waals surface area contributed by atoms with Gasteiger partial charge in [-0.2, -0.15) is 0 Å². The highest BCUT2D eigenvalue weighted by atomic mass is 15.0. The molecule has 1 rings (SSSR count). The Morgan fingerprint density at radius 3 is 2.57 bits per heavy atom. The van der Waals surface area contributed by atoms with Crippen molar-refractivity contribution in [3.8, 4) is 0 Å². The van der Waals surface area contributed by atoms with E-state index in [2.05, 4.69) is 22.2 Å². The lowest BCUT2D eigenvalue weighted by Crippen LogP contribution is -2.18. The van der Waals surface area contributed by atoms with Crippen molar-refractivity contribution in [3.63, 3.8) is 0 Å². The molecular weight excluding hydrogens is 174 g/mol. The molecule has 14 heavy (non-hydrogen) atoms. The zero-order chi connectivity index (χ0) is 10.2. The molecule has 1 aromatic rings. The van der Waals surface area contributed by atoms with Gasteiger partial charge in [-0.05, 0) is 19.5 Å². The van der Waals surface area contributed by atoms with E-state index in [0.29, 0.717) is 6.04 Å². The van der Waals surface area contributed by atoms with Crippen LogP contribution >= 0.6 is 0 Å². The maximum absolute atomic E-state index is 4.26. The lowest BCUT2D eigenvalue weighted by Gasteiger charge is -2.13. The van der Waals surface area contributed by atoms with Crippen molar-refractivity contribution < 1.29 is 0 Å². The highest BCUT2D eigenvalue weighted by Crippen LogP contribution is 2.14. The Bertz CT molecular complexity index is 236. The van der Waals surface area contributed by atoms with Crippen molar-refractivity contribution in [2.75, 3.05) is 7.05 Å². The van der Waals surface area contributed by atoms with Crippen molar-refractivity contribution >= 4 is 0 Å². The molecular formula is C11H19N3. The summed E-state index contributed by atoms with van der Waals surface area (Å²) in [5.41, 5.74) is 0. The third-order valence-electron chi connectivity index (χ3n) is 2.34. The van der Waals surface area contributed by atoms with Gasteiger partial charge in [0.15, 0.2) is 0 Å². The molecule has 0 saturated heterocycles. The summed E-state index contributed by atoms with van der Waals surface area (Å²) in [5, 5.41) is 3.25. The van der Waals surface area contributed by atoms with Gasteiger partial charge in [-0.25, -0.2) is 9.97 Å². The fourth-order valence-corrected chi connectivity index (χ4v) is 1.49. The highest BCUT2D eigenvalue weighted by molar-refractivity contribution is 4.95. The Hall–Kier alpha value is -0.960. The molecule has 0 radical (unpaired) electrons. The van der Waals surface area contributed by atoms with Crippen LogP contribution < -0.4 is 5.32 Å². The van der Waals surface area contributed by atoms with Gasteiger partial charge in [0, 0.05) is 12.4 Å². The van der Waals surface area contributed by atoms with Crippen LogP contribution in [0.3, 0.4) is 0 Å². The second-order valence-corrected chi connectivity index (χ2v) is 3.44. The molecule has 0 aliphatic heterocycles.